The highest BCUT2D eigenvalue weighted by Crippen LogP contribution is 2.29. The molecule has 0 saturated carbocycles. The quantitative estimate of drug-likeness (QED) is 0.860. The van der Waals surface area contributed by atoms with Crippen LogP contribution in [0.2, 0.25) is 0 Å². The van der Waals surface area contributed by atoms with E-state index in [9.17, 15) is 0 Å². The first-order valence-corrected chi connectivity index (χ1v) is 7.34. The number of nitrogens with zero attached hydrogens (tertiary/aromatic N) is 1. The van der Waals surface area contributed by atoms with E-state index in [4.69, 9.17) is 5.73 Å². The Morgan fingerprint density at radius 1 is 1.05 bits per heavy atom. The van der Waals surface area contributed by atoms with Gasteiger partial charge in [-0.1, -0.05) is 42.5 Å². The van der Waals surface area contributed by atoms with Crippen molar-refractivity contribution in [1.29, 1.82) is 0 Å². The summed E-state index contributed by atoms with van der Waals surface area (Å²) < 4.78 is 0. The normalized spacial score (nSPS) is 12.2. The van der Waals surface area contributed by atoms with Gasteiger partial charge in [0.1, 0.15) is 0 Å². The average Bonchev–Trinajstić information content (AvgIpc) is 2.48. The number of hydrogen-bond donors (Lipinski definition) is 1. The van der Waals surface area contributed by atoms with E-state index < -0.39 is 0 Å². The van der Waals surface area contributed by atoms with Crippen molar-refractivity contribution in [2.24, 2.45) is 5.73 Å². The second-order valence-corrected chi connectivity index (χ2v) is 5.13. The Bertz CT molecular complexity index is 522. The summed E-state index contributed by atoms with van der Waals surface area (Å²) in [5.74, 6) is 0. The molecule has 106 valence electrons. The highest BCUT2D eigenvalue weighted by molar-refractivity contribution is 5.50. The van der Waals surface area contributed by atoms with E-state index in [1.54, 1.807) is 0 Å². The molecule has 0 aliphatic carbocycles. The van der Waals surface area contributed by atoms with Gasteiger partial charge < -0.3 is 10.6 Å². The number of aryl methyl sites for hydroxylation is 1. The molecule has 0 spiro atoms. The molecule has 2 aromatic rings. The lowest BCUT2D eigenvalue weighted by molar-refractivity contribution is 0.593. The van der Waals surface area contributed by atoms with Gasteiger partial charge in [0.15, 0.2) is 0 Å². The molecule has 2 nitrogen and oxygen atoms in total. The average molecular weight is 268 g/mol. The SMILES string of the molecule is CCN(c1cccc(C)c1)C(CCN)c1ccccc1. The van der Waals surface area contributed by atoms with Gasteiger partial charge >= 0.3 is 0 Å². The first-order chi connectivity index (χ1) is 9.76. The van der Waals surface area contributed by atoms with Crippen molar-refractivity contribution in [2.45, 2.75) is 26.3 Å². The van der Waals surface area contributed by atoms with Gasteiger partial charge in [-0.3, -0.25) is 0 Å². The molecule has 1 unspecified atom stereocenters. The summed E-state index contributed by atoms with van der Waals surface area (Å²) in [5, 5.41) is 0. The summed E-state index contributed by atoms with van der Waals surface area (Å²) in [5.41, 5.74) is 9.74. The Morgan fingerprint density at radius 3 is 2.40 bits per heavy atom. The number of anilines is 1. The minimum absolute atomic E-state index is 0.341. The molecule has 0 aromatic heterocycles. The molecule has 2 rings (SSSR count). The fourth-order valence-electron chi connectivity index (χ4n) is 2.73. The summed E-state index contributed by atoms with van der Waals surface area (Å²) >= 11 is 0. The Hall–Kier alpha value is -1.80. The van der Waals surface area contributed by atoms with Crippen LogP contribution in [0, 0.1) is 6.92 Å². The third-order valence-electron chi connectivity index (χ3n) is 3.67. The summed E-state index contributed by atoms with van der Waals surface area (Å²) in [6.45, 7) is 6.01. The molecule has 2 aromatic carbocycles. The molecule has 0 fully saturated rings. The van der Waals surface area contributed by atoms with Gasteiger partial charge in [0.2, 0.25) is 0 Å². The molecule has 2 heteroatoms. The van der Waals surface area contributed by atoms with Crippen LogP contribution in [0.25, 0.3) is 0 Å². The molecular formula is C18H24N2. The Labute approximate surface area is 122 Å². The molecule has 2 N–H and O–H groups in total. The first-order valence-electron chi connectivity index (χ1n) is 7.34. The minimum atomic E-state index is 0.341. The molecule has 0 radical (unpaired) electrons. The van der Waals surface area contributed by atoms with E-state index in [-0.39, 0.29) is 0 Å². The zero-order valence-electron chi connectivity index (χ0n) is 12.4. The van der Waals surface area contributed by atoms with E-state index in [0.29, 0.717) is 12.6 Å². The zero-order chi connectivity index (χ0) is 14.4. The van der Waals surface area contributed by atoms with Crippen LogP contribution in [-0.4, -0.2) is 13.1 Å². The highest BCUT2D eigenvalue weighted by atomic mass is 15.2. The molecule has 0 amide bonds. The molecule has 1 atom stereocenters. The predicted octanol–water partition coefficient (Wildman–Crippen LogP) is 3.91. The van der Waals surface area contributed by atoms with Gasteiger partial charge in [0.05, 0.1) is 6.04 Å². The molecule has 0 aliphatic rings. The van der Waals surface area contributed by atoms with E-state index in [1.165, 1.54) is 16.8 Å². The summed E-state index contributed by atoms with van der Waals surface area (Å²) in [7, 11) is 0. The molecular weight excluding hydrogens is 244 g/mol. The van der Waals surface area contributed by atoms with Crippen LogP contribution >= 0.6 is 0 Å². The maximum atomic E-state index is 5.84. The van der Waals surface area contributed by atoms with Crippen molar-refractivity contribution in [3.05, 3.63) is 65.7 Å². The second-order valence-electron chi connectivity index (χ2n) is 5.13. The van der Waals surface area contributed by atoms with Gasteiger partial charge in [-0.15, -0.1) is 0 Å². The largest absolute Gasteiger partial charge is 0.365 e. The number of rotatable bonds is 6. The maximum absolute atomic E-state index is 5.84. The van der Waals surface area contributed by atoms with Crippen molar-refractivity contribution in [3.63, 3.8) is 0 Å². The topological polar surface area (TPSA) is 29.3 Å². The van der Waals surface area contributed by atoms with Crippen molar-refractivity contribution in [1.82, 2.24) is 0 Å². The minimum Gasteiger partial charge on any atom is -0.365 e. The van der Waals surface area contributed by atoms with Gasteiger partial charge in [0.25, 0.3) is 0 Å². The molecule has 0 aliphatic heterocycles. The maximum Gasteiger partial charge on any atom is 0.0554 e. The van der Waals surface area contributed by atoms with Crippen molar-refractivity contribution < 1.29 is 0 Å². The lowest BCUT2D eigenvalue weighted by Crippen LogP contribution is -2.30. The van der Waals surface area contributed by atoms with Crippen LogP contribution in [0.1, 0.15) is 30.5 Å². The molecule has 20 heavy (non-hydrogen) atoms. The summed E-state index contributed by atoms with van der Waals surface area (Å²) in [6.07, 6.45) is 0.964. The molecule has 0 heterocycles. The standard InChI is InChI=1S/C18H24N2/c1-3-20(17-11-7-8-15(2)14-17)18(12-13-19)16-9-5-4-6-10-16/h4-11,14,18H,3,12-13,19H2,1-2H3. The van der Waals surface area contributed by atoms with E-state index in [1.807, 2.05) is 0 Å². The van der Waals surface area contributed by atoms with Crippen molar-refractivity contribution in [3.8, 4) is 0 Å². The lowest BCUT2D eigenvalue weighted by atomic mass is 10.0. The van der Waals surface area contributed by atoms with E-state index >= 15 is 0 Å². The van der Waals surface area contributed by atoms with Crippen LogP contribution in [-0.2, 0) is 0 Å². The smallest absolute Gasteiger partial charge is 0.0554 e. The van der Waals surface area contributed by atoms with E-state index in [2.05, 4.69) is 73.3 Å². The summed E-state index contributed by atoms with van der Waals surface area (Å²) in [6, 6.07) is 19.7. The van der Waals surface area contributed by atoms with Crippen molar-refractivity contribution >= 4 is 5.69 Å². The monoisotopic (exact) mass is 268 g/mol. The van der Waals surface area contributed by atoms with Crippen LogP contribution in [0.5, 0.6) is 0 Å². The van der Waals surface area contributed by atoms with Gasteiger partial charge in [0, 0.05) is 12.2 Å². The van der Waals surface area contributed by atoms with Crippen LogP contribution in [0.3, 0.4) is 0 Å². The third-order valence-corrected chi connectivity index (χ3v) is 3.67. The fourth-order valence-corrected chi connectivity index (χ4v) is 2.73. The molecule has 0 bridgehead atoms. The first kappa shape index (κ1) is 14.6. The second kappa shape index (κ2) is 7.11. The highest BCUT2D eigenvalue weighted by Gasteiger charge is 2.18. The van der Waals surface area contributed by atoms with Crippen LogP contribution < -0.4 is 10.6 Å². The lowest BCUT2D eigenvalue weighted by Gasteiger charge is -2.33. The fraction of sp³-hybridized carbons (Fsp3) is 0.333. The van der Waals surface area contributed by atoms with Crippen molar-refractivity contribution in [2.75, 3.05) is 18.0 Å². The Balaban J connectivity index is 2.35. The predicted molar refractivity (Wildman–Crippen MR) is 87.1 cm³/mol. The zero-order valence-corrected chi connectivity index (χ0v) is 12.4. The number of hydrogen-bond acceptors (Lipinski definition) is 2. The van der Waals surface area contributed by atoms with E-state index in [0.717, 1.165) is 13.0 Å². The molecule has 0 saturated heterocycles. The van der Waals surface area contributed by atoms with Crippen LogP contribution in [0.15, 0.2) is 54.6 Å². The van der Waals surface area contributed by atoms with Gasteiger partial charge in [-0.25, -0.2) is 0 Å². The summed E-state index contributed by atoms with van der Waals surface area (Å²) in [4.78, 5) is 2.44. The Kier molecular flexibility index (Phi) is 5.19. The Morgan fingerprint density at radius 2 is 1.80 bits per heavy atom. The van der Waals surface area contributed by atoms with Gasteiger partial charge in [-0.05, 0) is 50.1 Å². The number of nitrogens with two attached hydrogens (primary N) is 1. The van der Waals surface area contributed by atoms with Crippen LogP contribution in [0.4, 0.5) is 5.69 Å². The number of benzene rings is 2. The van der Waals surface area contributed by atoms with Gasteiger partial charge in [-0.2, -0.15) is 0 Å². The third kappa shape index (κ3) is 3.40.